The lowest BCUT2D eigenvalue weighted by Gasteiger charge is -2.40. The van der Waals surface area contributed by atoms with Gasteiger partial charge in [0.05, 0.1) is 7.11 Å². The molecule has 3 atom stereocenters. The lowest BCUT2D eigenvalue weighted by atomic mass is 9.66. The van der Waals surface area contributed by atoms with Crippen molar-refractivity contribution in [3.63, 3.8) is 0 Å². The summed E-state index contributed by atoms with van der Waals surface area (Å²) in [6.45, 7) is 3.17. The Morgan fingerprint density at radius 3 is 2.74 bits per heavy atom. The van der Waals surface area contributed by atoms with Crippen molar-refractivity contribution >= 4 is 23.4 Å². The van der Waals surface area contributed by atoms with Gasteiger partial charge in [0.25, 0.3) is 0 Å². The topological polar surface area (TPSA) is 12.5 Å². The Balaban J connectivity index is 2.10. The molecule has 1 saturated carbocycles. The fourth-order valence-electron chi connectivity index (χ4n) is 4.22. The van der Waals surface area contributed by atoms with E-state index in [1.54, 1.807) is 17.1 Å². The van der Waals surface area contributed by atoms with E-state index in [0.717, 1.165) is 30.6 Å². The first-order chi connectivity index (χ1) is 9.11. The number of rotatable bonds is 1. The maximum Gasteiger partial charge on any atom is 0.162 e. The van der Waals surface area contributed by atoms with Crippen LogP contribution < -0.4 is 0 Å². The minimum atomic E-state index is 0.544. The molecule has 3 aliphatic rings. The van der Waals surface area contributed by atoms with Gasteiger partial charge in [0.15, 0.2) is 10.9 Å². The molecule has 106 valence electrons. The number of ether oxygens (including phenoxy) is 1. The fourth-order valence-corrected chi connectivity index (χ4v) is 4.73. The Bertz CT molecular complexity index is 443. The predicted molar refractivity (Wildman–Crippen MR) is 78.7 cm³/mol. The normalized spacial score (nSPS) is 35.2. The first-order valence-electron chi connectivity index (χ1n) is 7.22. The molecule has 0 radical (unpaired) electrons. The van der Waals surface area contributed by atoms with Crippen LogP contribution in [0.15, 0.2) is 22.1 Å². The van der Waals surface area contributed by atoms with Crippen molar-refractivity contribution in [3.8, 4) is 0 Å². The third-order valence-corrected chi connectivity index (χ3v) is 5.61. The highest BCUT2D eigenvalue weighted by Gasteiger charge is 2.39. The van der Waals surface area contributed by atoms with Crippen molar-refractivity contribution in [2.24, 2.45) is 17.8 Å². The first-order valence-corrected chi connectivity index (χ1v) is 7.93. The summed E-state index contributed by atoms with van der Waals surface area (Å²) in [4.78, 5) is 0. The lowest BCUT2D eigenvalue weighted by molar-refractivity contribution is 0.244. The summed E-state index contributed by atoms with van der Waals surface area (Å²) in [6, 6.07) is 0. The molecule has 2 aliphatic carbocycles. The van der Waals surface area contributed by atoms with Crippen molar-refractivity contribution in [2.75, 3.05) is 13.7 Å². The Morgan fingerprint density at radius 1 is 1.26 bits per heavy atom. The molecule has 1 fully saturated rings. The van der Waals surface area contributed by atoms with Crippen LogP contribution in [0.1, 0.15) is 39.0 Å². The Hall–Kier alpha value is -0.340. The highest BCUT2D eigenvalue weighted by Crippen LogP contribution is 2.50. The predicted octanol–water partition coefficient (Wildman–Crippen LogP) is 4.65. The number of hydrogen-bond donors (Lipinski definition) is 0. The van der Waals surface area contributed by atoms with Crippen LogP contribution in [0, 0.1) is 17.8 Å². The largest absolute Gasteiger partial charge is 0.493 e. The van der Waals surface area contributed by atoms with Crippen molar-refractivity contribution < 1.29 is 4.74 Å². The molecular formula is C15H21Cl2NO. The molecule has 2 nitrogen and oxygen atoms in total. The van der Waals surface area contributed by atoms with E-state index < -0.39 is 0 Å². The molecule has 0 bridgehead atoms. The smallest absolute Gasteiger partial charge is 0.162 e. The summed E-state index contributed by atoms with van der Waals surface area (Å²) in [7, 11) is 1.70. The molecule has 4 heteroatoms. The average Bonchev–Trinajstić information content (AvgIpc) is 2.47. The second-order valence-electron chi connectivity index (χ2n) is 6.17. The summed E-state index contributed by atoms with van der Waals surface area (Å²) in [6.07, 6.45) is 6.17. The summed E-state index contributed by atoms with van der Waals surface area (Å²) >= 11 is 12.7. The summed E-state index contributed by atoms with van der Waals surface area (Å²) in [5, 5.41) is 0.564. The number of nitrogens with zero attached hydrogens (tertiary/aromatic N) is 1. The van der Waals surface area contributed by atoms with Crippen LogP contribution in [0.5, 0.6) is 0 Å². The number of allylic oxidation sites excluding steroid dienone is 1. The van der Waals surface area contributed by atoms with E-state index in [2.05, 4.69) is 6.92 Å². The molecule has 3 unspecified atom stereocenters. The van der Waals surface area contributed by atoms with E-state index >= 15 is 0 Å². The summed E-state index contributed by atoms with van der Waals surface area (Å²) in [5.41, 5.74) is 2.95. The molecule has 1 aliphatic heterocycles. The van der Waals surface area contributed by atoms with Gasteiger partial charge in [-0.05, 0) is 49.5 Å². The molecule has 3 rings (SSSR count). The van der Waals surface area contributed by atoms with Crippen LogP contribution in [0.3, 0.4) is 0 Å². The van der Waals surface area contributed by atoms with Gasteiger partial charge < -0.3 is 4.74 Å². The highest BCUT2D eigenvalue weighted by atomic mass is 35.5. The summed E-state index contributed by atoms with van der Waals surface area (Å²) in [5.74, 6) is 2.86. The molecule has 0 N–H and O–H groups in total. The van der Waals surface area contributed by atoms with Crippen LogP contribution in [0.25, 0.3) is 0 Å². The fraction of sp³-hybridized carbons (Fsp3) is 0.733. The molecular weight excluding hydrogens is 281 g/mol. The van der Waals surface area contributed by atoms with Crippen molar-refractivity contribution in [1.82, 2.24) is 4.42 Å². The molecule has 1 heterocycles. The van der Waals surface area contributed by atoms with E-state index in [9.17, 15) is 0 Å². The van der Waals surface area contributed by atoms with E-state index in [1.165, 1.54) is 31.3 Å². The zero-order chi connectivity index (χ0) is 13.6. The Morgan fingerprint density at radius 2 is 2.00 bits per heavy atom. The van der Waals surface area contributed by atoms with Crippen LogP contribution in [0.2, 0.25) is 0 Å². The lowest BCUT2D eigenvalue weighted by Crippen LogP contribution is -2.31. The van der Waals surface area contributed by atoms with Crippen molar-refractivity contribution in [2.45, 2.75) is 39.0 Å². The average molecular weight is 302 g/mol. The van der Waals surface area contributed by atoms with Crippen LogP contribution in [-0.4, -0.2) is 18.1 Å². The van der Waals surface area contributed by atoms with Gasteiger partial charge in [0, 0.05) is 24.2 Å². The van der Waals surface area contributed by atoms with E-state index in [4.69, 9.17) is 28.1 Å². The molecule has 0 saturated heterocycles. The third-order valence-electron chi connectivity index (χ3n) is 4.84. The minimum Gasteiger partial charge on any atom is -0.493 e. The highest BCUT2D eigenvalue weighted by molar-refractivity contribution is 6.33. The standard InChI is InChI=1S/C15H21Cl2NO/c1-9-6-10-4-3-5-12-13(10)11(7-9)8-18(17)15(16)14(12)19-2/h9-11H,3-8H2,1-2H3. The SMILES string of the molecule is COC1=C(Cl)N(Cl)CC2CC(C)CC3CCCC1=C32. The molecule has 19 heavy (non-hydrogen) atoms. The zero-order valence-electron chi connectivity index (χ0n) is 11.6. The number of hydrogen-bond acceptors (Lipinski definition) is 2. The van der Waals surface area contributed by atoms with Gasteiger partial charge in [0.1, 0.15) is 0 Å². The molecule has 0 amide bonds. The van der Waals surface area contributed by atoms with Crippen LogP contribution in [0.4, 0.5) is 0 Å². The molecule has 0 aromatic carbocycles. The molecule has 0 aromatic heterocycles. The van der Waals surface area contributed by atoms with Crippen molar-refractivity contribution in [3.05, 3.63) is 22.1 Å². The van der Waals surface area contributed by atoms with Gasteiger partial charge in [0.2, 0.25) is 0 Å². The number of halogens is 2. The van der Waals surface area contributed by atoms with Gasteiger partial charge in [-0.1, -0.05) is 24.1 Å². The first kappa shape index (κ1) is 13.6. The molecule has 0 spiro atoms. The quantitative estimate of drug-likeness (QED) is 0.516. The van der Waals surface area contributed by atoms with Gasteiger partial charge in [-0.25, -0.2) is 0 Å². The monoisotopic (exact) mass is 301 g/mol. The third kappa shape index (κ3) is 2.27. The maximum absolute atomic E-state index is 6.40. The van der Waals surface area contributed by atoms with E-state index in [-0.39, 0.29) is 0 Å². The second-order valence-corrected chi connectivity index (χ2v) is 6.93. The zero-order valence-corrected chi connectivity index (χ0v) is 13.1. The number of methoxy groups -OCH3 is 1. The van der Waals surface area contributed by atoms with Gasteiger partial charge in [-0.2, -0.15) is 0 Å². The maximum atomic E-state index is 6.40. The van der Waals surface area contributed by atoms with Gasteiger partial charge >= 0.3 is 0 Å². The summed E-state index contributed by atoms with van der Waals surface area (Å²) < 4.78 is 7.23. The van der Waals surface area contributed by atoms with Gasteiger partial charge in [-0.15, -0.1) is 0 Å². The second kappa shape index (κ2) is 5.21. The van der Waals surface area contributed by atoms with Crippen molar-refractivity contribution in [1.29, 1.82) is 0 Å². The van der Waals surface area contributed by atoms with E-state index in [1.807, 2.05) is 0 Å². The van der Waals surface area contributed by atoms with Gasteiger partial charge in [-0.3, -0.25) is 4.42 Å². The Kier molecular flexibility index (Phi) is 3.74. The Labute approximate surface area is 125 Å². The minimum absolute atomic E-state index is 0.544. The van der Waals surface area contributed by atoms with Crippen LogP contribution in [-0.2, 0) is 4.74 Å². The van der Waals surface area contributed by atoms with Crippen LogP contribution >= 0.6 is 23.4 Å². The molecule has 0 aromatic rings. The van der Waals surface area contributed by atoms with E-state index in [0.29, 0.717) is 11.1 Å².